The lowest BCUT2D eigenvalue weighted by molar-refractivity contribution is 0.0473. The number of hydrogen-bond acceptors (Lipinski definition) is 3. The fourth-order valence-electron chi connectivity index (χ4n) is 1.99. The molecule has 1 aromatic rings. The number of carbonyl (C=O) groups is 1. The minimum atomic E-state index is -0.398. The van der Waals surface area contributed by atoms with E-state index >= 15 is 0 Å². The van der Waals surface area contributed by atoms with E-state index < -0.39 is 6.10 Å². The van der Waals surface area contributed by atoms with Gasteiger partial charge in [0.2, 0.25) is 0 Å². The summed E-state index contributed by atoms with van der Waals surface area (Å²) >= 11 is 7.61. The van der Waals surface area contributed by atoms with E-state index in [0.717, 1.165) is 22.2 Å². The van der Waals surface area contributed by atoms with E-state index in [-0.39, 0.29) is 5.91 Å². The molecule has 92 valence electrons. The molecule has 1 aliphatic heterocycles. The van der Waals surface area contributed by atoms with Gasteiger partial charge in [0.25, 0.3) is 5.91 Å². The Bertz CT molecular complexity index is 439. The zero-order valence-electron chi connectivity index (χ0n) is 9.27. The summed E-state index contributed by atoms with van der Waals surface area (Å²) in [5.41, 5.74) is 0.603. The summed E-state index contributed by atoms with van der Waals surface area (Å²) in [5, 5.41) is 9.58. The standard InChI is InChI=1S/C12H14BrNO2S/c13-11-4-3-9(17)6-10(11)12(16)14-5-1-2-8(15)7-14/h3-4,6,8,15,17H,1-2,5,7H2. The lowest BCUT2D eigenvalue weighted by Crippen LogP contribution is -2.42. The maximum Gasteiger partial charge on any atom is 0.255 e. The van der Waals surface area contributed by atoms with Crippen LogP contribution in [0.2, 0.25) is 0 Å². The number of hydrogen-bond donors (Lipinski definition) is 2. The third-order valence-corrected chi connectivity index (χ3v) is 3.83. The van der Waals surface area contributed by atoms with Gasteiger partial charge in [0.1, 0.15) is 0 Å². The van der Waals surface area contributed by atoms with Crippen LogP contribution >= 0.6 is 28.6 Å². The first kappa shape index (κ1) is 12.9. The number of carbonyl (C=O) groups excluding carboxylic acids is 1. The van der Waals surface area contributed by atoms with Gasteiger partial charge in [-0.15, -0.1) is 12.6 Å². The minimum Gasteiger partial charge on any atom is -0.391 e. The molecule has 1 saturated heterocycles. The number of likely N-dealkylation sites (tertiary alicyclic amines) is 1. The van der Waals surface area contributed by atoms with Crippen LogP contribution < -0.4 is 0 Å². The average Bonchev–Trinajstić information content (AvgIpc) is 2.31. The van der Waals surface area contributed by atoms with Crippen molar-refractivity contribution in [2.75, 3.05) is 13.1 Å². The predicted octanol–water partition coefficient (Wildman–Crippen LogP) is 2.33. The van der Waals surface area contributed by atoms with E-state index in [1.807, 2.05) is 12.1 Å². The van der Waals surface area contributed by atoms with Gasteiger partial charge >= 0.3 is 0 Å². The fourth-order valence-corrected chi connectivity index (χ4v) is 2.61. The van der Waals surface area contributed by atoms with Crippen LogP contribution in [0, 0.1) is 0 Å². The van der Waals surface area contributed by atoms with E-state index in [9.17, 15) is 9.90 Å². The number of aliphatic hydroxyl groups excluding tert-OH is 1. The van der Waals surface area contributed by atoms with Gasteiger partial charge in [-0.2, -0.15) is 0 Å². The Hall–Kier alpha value is -0.520. The Morgan fingerprint density at radius 3 is 3.00 bits per heavy atom. The van der Waals surface area contributed by atoms with Crippen molar-refractivity contribution < 1.29 is 9.90 Å². The van der Waals surface area contributed by atoms with Gasteiger partial charge in [0.05, 0.1) is 11.7 Å². The second-order valence-corrected chi connectivity index (χ2v) is 5.58. The largest absolute Gasteiger partial charge is 0.391 e. The molecule has 1 aliphatic rings. The second-order valence-electron chi connectivity index (χ2n) is 4.21. The summed E-state index contributed by atoms with van der Waals surface area (Å²) in [4.78, 5) is 14.7. The van der Waals surface area contributed by atoms with Crippen molar-refractivity contribution in [3.05, 3.63) is 28.2 Å². The monoisotopic (exact) mass is 315 g/mol. The van der Waals surface area contributed by atoms with Gasteiger partial charge in [-0.1, -0.05) is 0 Å². The molecule has 17 heavy (non-hydrogen) atoms. The van der Waals surface area contributed by atoms with Gasteiger partial charge in [0.15, 0.2) is 0 Å². The predicted molar refractivity (Wildman–Crippen MR) is 72.5 cm³/mol. The first-order chi connectivity index (χ1) is 8.08. The Labute approximate surface area is 114 Å². The lowest BCUT2D eigenvalue weighted by atomic mass is 10.1. The van der Waals surface area contributed by atoms with Crippen LogP contribution in [-0.4, -0.2) is 35.1 Å². The molecule has 1 amide bonds. The molecule has 0 radical (unpaired) electrons. The summed E-state index contributed by atoms with van der Waals surface area (Å²) in [7, 11) is 0. The molecule has 2 rings (SSSR count). The van der Waals surface area contributed by atoms with E-state index in [1.165, 1.54) is 0 Å². The SMILES string of the molecule is O=C(c1cc(S)ccc1Br)N1CCCC(O)C1. The van der Waals surface area contributed by atoms with Gasteiger partial charge < -0.3 is 10.0 Å². The maximum atomic E-state index is 12.3. The molecule has 0 saturated carbocycles. The highest BCUT2D eigenvalue weighted by atomic mass is 79.9. The molecule has 1 aromatic carbocycles. The lowest BCUT2D eigenvalue weighted by Gasteiger charge is -2.30. The summed E-state index contributed by atoms with van der Waals surface area (Å²) in [6.45, 7) is 1.13. The summed E-state index contributed by atoms with van der Waals surface area (Å²) in [6, 6.07) is 5.39. The third-order valence-electron chi connectivity index (χ3n) is 2.86. The molecule has 1 fully saturated rings. The number of nitrogens with zero attached hydrogens (tertiary/aromatic N) is 1. The maximum absolute atomic E-state index is 12.3. The molecule has 1 atom stereocenters. The molecule has 0 spiro atoms. The minimum absolute atomic E-state index is 0.0495. The smallest absolute Gasteiger partial charge is 0.255 e. The quantitative estimate of drug-likeness (QED) is 0.781. The fraction of sp³-hybridized carbons (Fsp3) is 0.417. The highest BCUT2D eigenvalue weighted by Gasteiger charge is 2.24. The average molecular weight is 316 g/mol. The van der Waals surface area contributed by atoms with Crippen LogP contribution in [0.15, 0.2) is 27.6 Å². The van der Waals surface area contributed by atoms with Crippen LogP contribution in [0.5, 0.6) is 0 Å². The van der Waals surface area contributed by atoms with Crippen LogP contribution in [0.4, 0.5) is 0 Å². The van der Waals surface area contributed by atoms with Gasteiger partial charge in [-0.05, 0) is 47.0 Å². The van der Waals surface area contributed by atoms with Gasteiger partial charge in [-0.3, -0.25) is 4.79 Å². The highest BCUT2D eigenvalue weighted by Crippen LogP contribution is 2.23. The number of thiol groups is 1. The van der Waals surface area contributed by atoms with Crippen molar-refractivity contribution in [3.63, 3.8) is 0 Å². The molecule has 0 aromatic heterocycles. The first-order valence-electron chi connectivity index (χ1n) is 5.54. The van der Waals surface area contributed by atoms with Crippen molar-refractivity contribution >= 4 is 34.5 Å². The van der Waals surface area contributed by atoms with Crippen molar-refractivity contribution in [2.45, 2.75) is 23.8 Å². The van der Waals surface area contributed by atoms with Crippen LogP contribution in [0.3, 0.4) is 0 Å². The van der Waals surface area contributed by atoms with Crippen molar-refractivity contribution in [2.24, 2.45) is 0 Å². The van der Waals surface area contributed by atoms with E-state index in [2.05, 4.69) is 28.6 Å². The summed E-state index contributed by atoms with van der Waals surface area (Å²) < 4.78 is 0.764. The van der Waals surface area contributed by atoms with Crippen LogP contribution in [0.25, 0.3) is 0 Å². The zero-order chi connectivity index (χ0) is 12.4. The Kier molecular flexibility index (Phi) is 4.12. The summed E-state index contributed by atoms with van der Waals surface area (Å²) in [5.74, 6) is -0.0495. The van der Waals surface area contributed by atoms with Crippen molar-refractivity contribution in [1.82, 2.24) is 4.90 Å². The zero-order valence-corrected chi connectivity index (χ0v) is 11.7. The molecule has 3 nitrogen and oxygen atoms in total. The van der Waals surface area contributed by atoms with E-state index in [1.54, 1.807) is 11.0 Å². The number of amides is 1. The number of β-amino-alcohol motifs (C(OH)–C–C–N with tert-alkyl or cyclic N) is 1. The molecule has 0 bridgehead atoms. The highest BCUT2D eigenvalue weighted by molar-refractivity contribution is 9.10. The molecular formula is C12H14BrNO2S. The molecular weight excluding hydrogens is 302 g/mol. The second kappa shape index (κ2) is 5.42. The normalized spacial score (nSPS) is 20.4. The van der Waals surface area contributed by atoms with Crippen LogP contribution in [-0.2, 0) is 0 Å². The number of halogens is 1. The van der Waals surface area contributed by atoms with E-state index in [4.69, 9.17) is 0 Å². The Morgan fingerprint density at radius 2 is 2.29 bits per heavy atom. The first-order valence-corrected chi connectivity index (χ1v) is 6.78. The van der Waals surface area contributed by atoms with Gasteiger partial charge in [-0.25, -0.2) is 0 Å². The van der Waals surface area contributed by atoms with Gasteiger partial charge in [0, 0.05) is 22.5 Å². The summed E-state index contributed by atoms with van der Waals surface area (Å²) in [6.07, 6.45) is 1.23. The molecule has 1 heterocycles. The molecule has 1 unspecified atom stereocenters. The van der Waals surface area contributed by atoms with Crippen molar-refractivity contribution in [1.29, 1.82) is 0 Å². The Balaban J connectivity index is 2.21. The third kappa shape index (κ3) is 3.03. The van der Waals surface area contributed by atoms with Crippen LogP contribution in [0.1, 0.15) is 23.2 Å². The molecule has 0 aliphatic carbocycles. The van der Waals surface area contributed by atoms with Crippen molar-refractivity contribution in [3.8, 4) is 0 Å². The number of rotatable bonds is 1. The van der Waals surface area contributed by atoms with E-state index in [0.29, 0.717) is 18.7 Å². The molecule has 1 N–H and O–H groups in total. The number of piperidine rings is 1. The Morgan fingerprint density at radius 1 is 1.53 bits per heavy atom. The topological polar surface area (TPSA) is 40.5 Å². The molecule has 5 heteroatoms. The number of aliphatic hydroxyl groups is 1. The number of benzene rings is 1.